The van der Waals surface area contributed by atoms with Gasteiger partial charge in [0.25, 0.3) is 0 Å². The molecule has 1 amide bonds. The minimum atomic E-state index is -0.0632. The number of methoxy groups -OCH3 is 1. The Hall–Kier alpha value is -1.81. The third-order valence-electron chi connectivity index (χ3n) is 3.69. The quantitative estimate of drug-likeness (QED) is 0.874. The Morgan fingerprint density at radius 2 is 2.14 bits per heavy atom. The summed E-state index contributed by atoms with van der Waals surface area (Å²) in [7, 11) is 1.66. The van der Waals surface area contributed by atoms with Crippen molar-refractivity contribution in [2.24, 2.45) is 0 Å². The number of ether oxygens (including phenoxy) is 1. The molecule has 0 saturated carbocycles. The van der Waals surface area contributed by atoms with Crippen LogP contribution in [0, 0.1) is 0 Å². The zero-order chi connectivity index (χ0) is 15.1. The number of carbonyl (C=O) groups is 1. The summed E-state index contributed by atoms with van der Waals surface area (Å²) in [6, 6.07) is 7.89. The van der Waals surface area contributed by atoms with E-state index in [-0.39, 0.29) is 11.9 Å². The van der Waals surface area contributed by atoms with E-state index in [2.05, 4.69) is 23.6 Å². The third kappa shape index (κ3) is 4.90. The van der Waals surface area contributed by atoms with Gasteiger partial charge in [-0.1, -0.05) is 23.8 Å². The summed E-state index contributed by atoms with van der Waals surface area (Å²) in [5.74, 6) is 0.989. The van der Waals surface area contributed by atoms with Crippen LogP contribution in [0.15, 0.2) is 29.8 Å². The average Bonchev–Trinajstić information content (AvgIpc) is 2.70. The van der Waals surface area contributed by atoms with Crippen LogP contribution < -0.4 is 15.4 Å². The standard InChI is InChI=1S/C17H24N2O2/c1-13(11-14-6-8-15(21-2)9-7-14)12-19-16-5-3-4-10-18-17(16)20/h6-9,11,16,19H,3-5,10,12H2,1-2H3,(H,18,20)/b13-11+. The molecule has 1 aromatic carbocycles. The van der Waals surface area contributed by atoms with Crippen molar-refractivity contribution >= 4 is 12.0 Å². The highest BCUT2D eigenvalue weighted by Crippen LogP contribution is 2.14. The van der Waals surface area contributed by atoms with E-state index in [4.69, 9.17) is 4.74 Å². The first-order valence-electron chi connectivity index (χ1n) is 7.51. The van der Waals surface area contributed by atoms with E-state index in [1.54, 1.807) is 7.11 Å². The fourth-order valence-corrected chi connectivity index (χ4v) is 2.45. The summed E-state index contributed by atoms with van der Waals surface area (Å²) in [6.45, 7) is 3.60. The number of rotatable bonds is 5. The Kier molecular flexibility index (Phi) is 5.81. The predicted octanol–water partition coefficient (Wildman–Crippen LogP) is 2.36. The summed E-state index contributed by atoms with van der Waals surface area (Å²) in [5, 5.41) is 6.29. The molecule has 0 bridgehead atoms. The van der Waals surface area contributed by atoms with Gasteiger partial charge in [-0.25, -0.2) is 0 Å². The van der Waals surface area contributed by atoms with Gasteiger partial charge in [0.15, 0.2) is 0 Å². The molecule has 2 rings (SSSR count). The highest BCUT2D eigenvalue weighted by atomic mass is 16.5. The molecular weight excluding hydrogens is 264 g/mol. The van der Waals surface area contributed by atoms with E-state index in [0.29, 0.717) is 0 Å². The lowest BCUT2D eigenvalue weighted by Crippen LogP contribution is -2.43. The SMILES string of the molecule is COc1ccc(/C=C(\C)CNC2CCCCNC2=O)cc1. The van der Waals surface area contributed by atoms with Gasteiger partial charge in [0.05, 0.1) is 13.2 Å². The molecule has 0 radical (unpaired) electrons. The van der Waals surface area contributed by atoms with Crippen molar-refractivity contribution in [3.8, 4) is 5.75 Å². The average molecular weight is 288 g/mol. The summed E-state index contributed by atoms with van der Waals surface area (Å²) >= 11 is 0. The molecule has 4 heteroatoms. The lowest BCUT2D eigenvalue weighted by Gasteiger charge is -2.15. The fraction of sp³-hybridized carbons (Fsp3) is 0.471. The lowest BCUT2D eigenvalue weighted by atomic mass is 10.1. The smallest absolute Gasteiger partial charge is 0.237 e. The van der Waals surface area contributed by atoms with Crippen LogP contribution in [0.1, 0.15) is 31.7 Å². The second-order valence-electron chi connectivity index (χ2n) is 5.48. The van der Waals surface area contributed by atoms with Crippen molar-refractivity contribution in [1.29, 1.82) is 0 Å². The van der Waals surface area contributed by atoms with Gasteiger partial charge in [-0.3, -0.25) is 4.79 Å². The first kappa shape index (κ1) is 15.6. The minimum absolute atomic E-state index is 0.0632. The third-order valence-corrected chi connectivity index (χ3v) is 3.69. The topological polar surface area (TPSA) is 50.4 Å². The molecular formula is C17H24N2O2. The van der Waals surface area contributed by atoms with Crippen LogP contribution in [0.5, 0.6) is 5.75 Å². The van der Waals surface area contributed by atoms with E-state index in [0.717, 1.165) is 43.7 Å². The molecule has 1 aliphatic heterocycles. The van der Waals surface area contributed by atoms with Crippen LogP contribution in [0.3, 0.4) is 0 Å². The van der Waals surface area contributed by atoms with Crippen molar-refractivity contribution in [3.05, 3.63) is 35.4 Å². The molecule has 1 saturated heterocycles. The highest BCUT2D eigenvalue weighted by molar-refractivity contribution is 5.81. The van der Waals surface area contributed by atoms with Crippen molar-refractivity contribution < 1.29 is 9.53 Å². The number of hydrogen-bond donors (Lipinski definition) is 2. The van der Waals surface area contributed by atoms with Crippen LogP contribution in [0.25, 0.3) is 6.08 Å². The van der Waals surface area contributed by atoms with Crippen LogP contribution >= 0.6 is 0 Å². The largest absolute Gasteiger partial charge is 0.497 e. The van der Waals surface area contributed by atoms with Crippen LogP contribution in [-0.4, -0.2) is 32.1 Å². The van der Waals surface area contributed by atoms with Crippen molar-refractivity contribution in [2.45, 2.75) is 32.2 Å². The molecule has 2 N–H and O–H groups in total. The Balaban J connectivity index is 1.88. The molecule has 1 heterocycles. The van der Waals surface area contributed by atoms with Gasteiger partial charge in [0.2, 0.25) is 5.91 Å². The molecule has 1 fully saturated rings. The maximum absolute atomic E-state index is 11.8. The highest BCUT2D eigenvalue weighted by Gasteiger charge is 2.19. The van der Waals surface area contributed by atoms with E-state index < -0.39 is 0 Å². The van der Waals surface area contributed by atoms with Crippen molar-refractivity contribution in [1.82, 2.24) is 10.6 Å². The van der Waals surface area contributed by atoms with Gasteiger partial charge in [-0.2, -0.15) is 0 Å². The van der Waals surface area contributed by atoms with E-state index in [1.807, 2.05) is 24.3 Å². The molecule has 1 unspecified atom stereocenters. The molecule has 0 aromatic heterocycles. The number of amides is 1. The Morgan fingerprint density at radius 1 is 1.38 bits per heavy atom. The van der Waals surface area contributed by atoms with Gasteiger partial charge in [0.1, 0.15) is 5.75 Å². The number of benzene rings is 1. The zero-order valence-corrected chi connectivity index (χ0v) is 12.8. The Bertz CT molecular complexity index is 494. The maximum atomic E-state index is 11.8. The molecule has 1 atom stereocenters. The molecule has 21 heavy (non-hydrogen) atoms. The van der Waals surface area contributed by atoms with Gasteiger partial charge < -0.3 is 15.4 Å². The van der Waals surface area contributed by atoms with Crippen molar-refractivity contribution in [2.75, 3.05) is 20.2 Å². The summed E-state index contributed by atoms with van der Waals surface area (Å²) < 4.78 is 5.15. The summed E-state index contributed by atoms with van der Waals surface area (Å²) in [5.41, 5.74) is 2.35. The second-order valence-corrected chi connectivity index (χ2v) is 5.48. The van der Waals surface area contributed by atoms with E-state index >= 15 is 0 Å². The maximum Gasteiger partial charge on any atom is 0.237 e. The molecule has 0 aliphatic carbocycles. The fourth-order valence-electron chi connectivity index (χ4n) is 2.45. The Labute approximate surface area is 126 Å². The zero-order valence-electron chi connectivity index (χ0n) is 12.8. The van der Waals surface area contributed by atoms with Crippen LogP contribution in [0.2, 0.25) is 0 Å². The van der Waals surface area contributed by atoms with Gasteiger partial charge >= 0.3 is 0 Å². The van der Waals surface area contributed by atoms with Crippen LogP contribution in [0.4, 0.5) is 0 Å². The number of nitrogens with one attached hydrogen (secondary N) is 2. The van der Waals surface area contributed by atoms with Crippen molar-refractivity contribution in [3.63, 3.8) is 0 Å². The number of carbonyl (C=O) groups excluding carboxylic acids is 1. The van der Waals surface area contributed by atoms with Gasteiger partial charge in [-0.15, -0.1) is 0 Å². The Morgan fingerprint density at radius 3 is 2.86 bits per heavy atom. The summed E-state index contributed by atoms with van der Waals surface area (Å²) in [4.78, 5) is 11.8. The first-order chi connectivity index (χ1) is 10.2. The second kappa shape index (κ2) is 7.84. The molecule has 0 spiro atoms. The molecule has 114 valence electrons. The molecule has 4 nitrogen and oxygen atoms in total. The first-order valence-corrected chi connectivity index (χ1v) is 7.51. The predicted molar refractivity (Wildman–Crippen MR) is 85.3 cm³/mol. The monoisotopic (exact) mass is 288 g/mol. The van der Waals surface area contributed by atoms with Crippen LogP contribution in [-0.2, 0) is 4.79 Å². The van der Waals surface area contributed by atoms with Gasteiger partial charge in [-0.05, 0) is 43.9 Å². The summed E-state index contributed by atoms with van der Waals surface area (Å²) in [6.07, 6.45) is 5.21. The molecule has 1 aromatic rings. The van der Waals surface area contributed by atoms with E-state index in [1.165, 1.54) is 5.57 Å². The lowest BCUT2D eigenvalue weighted by molar-refractivity contribution is -0.122. The minimum Gasteiger partial charge on any atom is -0.497 e. The normalized spacial score (nSPS) is 19.8. The molecule has 1 aliphatic rings. The van der Waals surface area contributed by atoms with Gasteiger partial charge in [0, 0.05) is 13.1 Å². The van der Waals surface area contributed by atoms with E-state index in [9.17, 15) is 4.79 Å². The number of hydrogen-bond acceptors (Lipinski definition) is 3.